The Balaban J connectivity index is 1.47. The Hall–Kier alpha value is -3.69. The molecule has 1 aliphatic rings. The van der Waals surface area contributed by atoms with E-state index in [0.29, 0.717) is 22.1 Å². The number of hydrogen-bond donors (Lipinski definition) is 0. The molecule has 0 radical (unpaired) electrons. The van der Waals surface area contributed by atoms with E-state index in [2.05, 4.69) is 4.74 Å². The maximum atomic E-state index is 12.8. The van der Waals surface area contributed by atoms with E-state index in [1.807, 2.05) is 18.2 Å². The molecule has 10 heteroatoms. The van der Waals surface area contributed by atoms with Crippen molar-refractivity contribution in [3.05, 3.63) is 87.2 Å². The number of rotatable bonds is 8. The zero-order chi connectivity index (χ0) is 24.9. The van der Waals surface area contributed by atoms with Crippen LogP contribution in [0.2, 0.25) is 5.02 Å². The quantitative estimate of drug-likeness (QED) is 0.286. The van der Waals surface area contributed by atoms with Crippen molar-refractivity contribution in [2.24, 2.45) is 0 Å². The van der Waals surface area contributed by atoms with Gasteiger partial charge in [0, 0.05) is 10.6 Å². The SMILES string of the molecule is COC(=O)c1ccc(CN2C(=O)S/C(=C/c3ccc(OCc4ccccc4Cl)c(OC)c3)C2=O)o1. The number of imide groups is 1. The van der Waals surface area contributed by atoms with E-state index in [9.17, 15) is 14.4 Å². The van der Waals surface area contributed by atoms with Crippen LogP contribution in [0.3, 0.4) is 0 Å². The van der Waals surface area contributed by atoms with Gasteiger partial charge in [-0.25, -0.2) is 4.79 Å². The van der Waals surface area contributed by atoms with E-state index < -0.39 is 17.1 Å². The molecule has 2 aromatic carbocycles. The first-order chi connectivity index (χ1) is 16.9. The highest BCUT2D eigenvalue weighted by Crippen LogP contribution is 2.35. The van der Waals surface area contributed by atoms with Gasteiger partial charge in [0.2, 0.25) is 5.76 Å². The Kier molecular flexibility index (Phi) is 7.48. The molecule has 1 aromatic heterocycles. The number of methoxy groups -OCH3 is 2. The van der Waals surface area contributed by atoms with E-state index in [1.165, 1.54) is 26.4 Å². The van der Waals surface area contributed by atoms with Gasteiger partial charge in [0.25, 0.3) is 11.1 Å². The largest absolute Gasteiger partial charge is 0.493 e. The van der Waals surface area contributed by atoms with Crippen LogP contribution in [0.15, 0.2) is 63.9 Å². The molecule has 0 saturated carbocycles. The molecular formula is C25H20ClNO7S. The summed E-state index contributed by atoms with van der Waals surface area (Å²) in [5, 5.41) is 0.166. The summed E-state index contributed by atoms with van der Waals surface area (Å²) in [5.74, 6) is 0.157. The average Bonchev–Trinajstić information content (AvgIpc) is 3.44. The number of benzene rings is 2. The summed E-state index contributed by atoms with van der Waals surface area (Å²) < 4.78 is 21.3. The highest BCUT2D eigenvalue weighted by atomic mass is 35.5. The van der Waals surface area contributed by atoms with Crippen LogP contribution in [0.4, 0.5) is 4.79 Å². The van der Waals surface area contributed by atoms with Crippen molar-refractivity contribution in [1.82, 2.24) is 4.90 Å². The maximum absolute atomic E-state index is 12.8. The Labute approximate surface area is 210 Å². The number of esters is 1. The predicted octanol–water partition coefficient (Wildman–Crippen LogP) is 5.54. The Morgan fingerprint density at radius 2 is 1.89 bits per heavy atom. The monoisotopic (exact) mass is 513 g/mol. The molecule has 0 bridgehead atoms. The molecule has 180 valence electrons. The summed E-state index contributed by atoms with van der Waals surface area (Å²) >= 11 is 7.00. The van der Waals surface area contributed by atoms with E-state index in [4.69, 9.17) is 25.5 Å². The number of ether oxygens (including phenoxy) is 3. The Bertz CT molecular complexity index is 1320. The Morgan fingerprint density at radius 3 is 2.63 bits per heavy atom. The van der Waals surface area contributed by atoms with E-state index >= 15 is 0 Å². The summed E-state index contributed by atoms with van der Waals surface area (Å²) in [6.07, 6.45) is 1.60. The first kappa shape index (κ1) is 24.4. The molecule has 0 atom stereocenters. The molecule has 8 nitrogen and oxygen atoms in total. The van der Waals surface area contributed by atoms with E-state index in [-0.39, 0.29) is 29.6 Å². The second-order valence-electron chi connectivity index (χ2n) is 7.32. The van der Waals surface area contributed by atoms with Crippen molar-refractivity contribution >= 4 is 46.6 Å². The summed E-state index contributed by atoms with van der Waals surface area (Å²) in [7, 11) is 2.75. The van der Waals surface area contributed by atoms with Gasteiger partial charge in [-0.2, -0.15) is 0 Å². The van der Waals surface area contributed by atoms with Gasteiger partial charge in [0.1, 0.15) is 12.4 Å². The van der Waals surface area contributed by atoms with Crippen molar-refractivity contribution in [1.29, 1.82) is 0 Å². The summed E-state index contributed by atoms with van der Waals surface area (Å²) in [5.41, 5.74) is 1.49. The number of hydrogen-bond acceptors (Lipinski definition) is 8. The number of halogens is 1. The summed E-state index contributed by atoms with van der Waals surface area (Å²) in [6.45, 7) is 0.163. The molecule has 3 aromatic rings. The topological polar surface area (TPSA) is 95.3 Å². The van der Waals surface area contributed by atoms with Gasteiger partial charge in [0.15, 0.2) is 11.5 Å². The number of carbonyl (C=O) groups excluding carboxylic acids is 3. The van der Waals surface area contributed by atoms with Gasteiger partial charge in [-0.1, -0.05) is 35.9 Å². The number of nitrogens with zero attached hydrogens (tertiary/aromatic N) is 1. The molecule has 0 unspecified atom stereocenters. The lowest BCUT2D eigenvalue weighted by Crippen LogP contribution is -2.27. The Morgan fingerprint density at radius 1 is 1.09 bits per heavy atom. The van der Waals surface area contributed by atoms with Crippen molar-refractivity contribution in [3.63, 3.8) is 0 Å². The van der Waals surface area contributed by atoms with Gasteiger partial charge < -0.3 is 18.6 Å². The van der Waals surface area contributed by atoms with Crippen molar-refractivity contribution in [2.45, 2.75) is 13.2 Å². The van der Waals surface area contributed by atoms with Gasteiger partial charge in [-0.05, 0) is 53.7 Å². The number of amides is 2. The van der Waals surface area contributed by atoms with E-state index in [1.54, 1.807) is 30.3 Å². The minimum atomic E-state index is -0.640. The molecule has 0 spiro atoms. The van der Waals surface area contributed by atoms with Crippen LogP contribution in [0.1, 0.15) is 27.4 Å². The summed E-state index contributed by atoms with van der Waals surface area (Å²) in [4.78, 5) is 38.2. The molecule has 0 N–H and O–H groups in total. The zero-order valence-electron chi connectivity index (χ0n) is 18.8. The number of carbonyl (C=O) groups is 3. The normalized spacial score (nSPS) is 14.5. The molecule has 1 saturated heterocycles. The van der Waals surface area contributed by atoms with Crippen LogP contribution in [-0.4, -0.2) is 36.2 Å². The molecule has 0 aliphatic carbocycles. The van der Waals surface area contributed by atoms with E-state index in [0.717, 1.165) is 22.2 Å². The second-order valence-corrected chi connectivity index (χ2v) is 8.72. The van der Waals surface area contributed by atoms with Crippen LogP contribution in [0.25, 0.3) is 6.08 Å². The highest BCUT2D eigenvalue weighted by Gasteiger charge is 2.35. The maximum Gasteiger partial charge on any atom is 0.373 e. The first-order valence-electron chi connectivity index (χ1n) is 10.4. The van der Waals surface area contributed by atoms with Gasteiger partial charge in [-0.3, -0.25) is 14.5 Å². The minimum Gasteiger partial charge on any atom is -0.493 e. The van der Waals surface area contributed by atoms with Crippen LogP contribution in [-0.2, 0) is 22.7 Å². The third-order valence-corrected chi connectivity index (χ3v) is 6.34. The fourth-order valence-corrected chi connectivity index (χ4v) is 4.31. The standard InChI is InChI=1S/C25H20ClNO7S/c1-31-21-11-15(7-9-19(21)33-14-16-5-3-4-6-18(16)26)12-22-23(28)27(25(30)35-22)13-17-8-10-20(34-17)24(29)32-2/h3-12H,13-14H2,1-2H3/b22-12+. The average molecular weight is 514 g/mol. The predicted molar refractivity (Wildman–Crippen MR) is 130 cm³/mol. The van der Waals surface area contributed by atoms with Crippen molar-refractivity contribution < 1.29 is 33.0 Å². The molecule has 1 fully saturated rings. The molecule has 4 rings (SSSR count). The highest BCUT2D eigenvalue weighted by molar-refractivity contribution is 8.18. The van der Waals surface area contributed by atoms with Crippen LogP contribution in [0.5, 0.6) is 11.5 Å². The smallest absolute Gasteiger partial charge is 0.373 e. The second kappa shape index (κ2) is 10.7. The third kappa shape index (κ3) is 5.52. The molecule has 2 amide bonds. The first-order valence-corrected chi connectivity index (χ1v) is 11.6. The molecule has 2 heterocycles. The molecular weight excluding hydrogens is 494 g/mol. The number of furan rings is 1. The summed E-state index contributed by atoms with van der Waals surface area (Å²) in [6, 6.07) is 15.5. The lowest BCUT2D eigenvalue weighted by atomic mass is 10.1. The van der Waals surface area contributed by atoms with Crippen LogP contribution >= 0.6 is 23.4 Å². The fraction of sp³-hybridized carbons (Fsp3) is 0.160. The van der Waals surface area contributed by atoms with Gasteiger partial charge in [-0.15, -0.1) is 0 Å². The van der Waals surface area contributed by atoms with Crippen LogP contribution in [0, 0.1) is 0 Å². The number of thioether (sulfide) groups is 1. The van der Waals surface area contributed by atoms with Crippen molar-refractivity contribution in [2.75, 3.05) is 14.2 Å². The minimum absolute atomic E-state index is 0.00560. The van der Waals surface area contributed by atoms with Crippen LogP contribution < -0.4 is 9.47 Å². The van der Waals surface area contributed by atoms with Crippen molar-refractivity contribution in [3.8, 4) is 11.5 Å². The van der Waals surface area contributed by atoms with Gasteiger partial charge in [0.05, 0.1) is 25.7 Å². The fourth-order valence-electron chi connectivity index (χ4n) is 3.28. The lowest BCUT2D eigenvalue weighted by molar-refractivity contribution is -0.123. The molecule has 35 heavy (non-hydrogen) atoms. The third-order valence-electron chi connectivity index (χ3n) is 5.06. The molecule has 1 aliphatic heterocycles. The zero-order valence-corrected chi connectivity index (χ0v) is 20.4. The lowest BCUT2D eigenvalue weighted by Gasteiger charge is -2.12. The van der Waals surface area contributed by atoms with Gasteiger partial charge >= 0.3 is 5.97 Å².